The zero-order chi connectivity index (χ0) is 14.4. The Kier molecular flexibility index (Phi) is 7.22. The molecule has 0 fully saturated rings. The third-order valence-corrected chi connectivity index (χ3v) is 3.35. The Morgan fingerprint density at radius 3 is 2.06 bits per heavy atom. The third-order valence-electron chi connectivity index (χ3n) is 3.35. The molecule has 0 aromatic rings. The van der Waals surface area contributed by atoms with Crippen molar-refractivity contribution in [3.63, 3.8) is 0 Å². The summed E-state index contributed by atoms with van der Waals surface area (Å²) in [6.07, 6.45) is -3.09. The largest absolute Gasteiger partial charge is 0.401 e. The van der Waals surface area contributed by atoms with Crippen LogP contribution in [0.2, 0.25) is 0 Å². The quantitative estimate of drug-likeness (QED) is 0.726. The molecule has 2 nitrogen and oxygen atoms in total. The number of rotatable bonds is 8. The Morgan fingerprint density at radius 2 is 1.67 bits per heavy atom. The molecule has 0 rings (SSSR count). The highest BCUT2D eigenvalue weighted by atomic mass is 19.4. The van der Waals surface area contributed by atoms with E-state index < -0.39 is 12.7 Å². The van der Waals surface area contributed by atoms with Crippen molar-refractivity contribution >= 4 is 0 Å². The van der Waals surface area contributed by atoms with Crippen LogP contribution < -0.4 is 5.32 Å². The van der Waals surface area contributed by atoms with Gasteiger partial charge in [0.05, 0.1) is 6.54 Å². The van der Waals surface area contributed by atoms with Crippen molar-refractivity contribution in [3.05, 3.63) is 0 Å². The summed E-state index contributed by atoms with van der Waals surface area (Å²) in [7, 11) is 0. The normalized spacial score (nSPS) is 15.2. The van der Waals surface area contributed by atoms with Crippen LogP contribution in [0.25, 0.3) is 0 Å². The first-order valence-electron chi connectivity index (χ1n) is 6.65. The summed E-state index contributed by atoms with van der Waals surface area (Å²) in [5.74, 6) is 0. The maximum atomic E-state index is 12.4. The van der Waals surface area contributed by atoms with E-state index in [1.165, 1.54) is 4.90 Å². The lowest BCUT2D eigenvalue weighted by molar-refractivity contribution is -0.148. The van der Waals surface area contributed by atoms with Crippen molar-refractivity contribution in [1.82, 2.24) is 10.2 Å². The van der Waals surface area contributed by atoms with Gasteiger partial charge in [-0.05, 0) is 31.8 Å². The topological polar surface area (TPSA) is 15.3 Å². The van der Waals surface area contributed by atoms with Gasteiger partial charge in [-0.25, -0.2) is 0 Å². The van der Waals surface area contributed by atoms with Crippen LogP contribution in [0.3, 0.4) is 0 Å². The lowest BCUT2D eigenvalue weighted by Crippen LogP contribution is -2.48. The summed E-state index contributed by atoms with van der Waals surface area (Å²) in [5.41, 5.74) is -0.184. The summed E-state index contributed by atoms with van der Waals surface area (Å²) < 4.78 is 37.2. The molecule has 0 aliphatic heterocycles. The number of nitrogens with one attached hydrogen (secondary N) is 1. The molecule has 0 saturated carbocycles. The summed E-state index contributed by atoms with van der Waals surface area (Å²) in [6.45, 7) is 10.9. The van der Waals surface area contributed by atoms with Crippen LogP contribution in [0.1, 0.15) is 41.0 Å². The number of alkyl halides is 3. The summed E-state index contributed by atoms with van der Waals surface area (Å²) in [5, 5.41) is 3.36. The fraction of sp³-hybridized carbons (Fsp3) is 1.00. The minimum atomic E-state index is -4.12. The highest BCUT2D eigenvalue weighted by molar-refractivity contribution is 4.84. The van der Waals surface area contributed by atoms with Crippen LogP contribution in [-0.4, -0.2) is 43.3 Å². The predicted molar refractivity (Wildman–Crippen MR) is 69.7 cm³/mol. The molecule has 0 amide bonds. The smallest absolute Gasteiger partial charge is 0.314 e. The SMILES string of the molecule is CCCNC(C)C(C)(C)CN(CC)CC(F)(F)F. The van der Waals surface area contributed by atoms with E-state index in [-0.39, 0.29) is 11.5 Å². The molecule has 0 saturated heterocycles. The summed E-state index contributed by atoms with van der Waals surface area (Å²) in [4.78, 5) is 1.46. The average molecular weight is 268 g/mol. The first-order valence-corrected chi connectivity index (χ1v) is 6.65. The zero-order valence-corrected chi connectivity index (χ0v) is 12.2. The van der Waals surface area contributed by atoms with Gasteiger partial charge in [-0.1, -0.05) is 27.7 Å². The van der Waals surface area contributed by atoms with Crippen molar-refractivity contribution in [1.29, 1.82) is 0 Å². The third kappa shape index (κ3) is 7.21. The van der Waals surface area contributed by atoms with E-state index >= 15 is 0 Å². The Labute approximate surface area is 109 Å². The van der Waals surface area contributed by atoms with E-state index in [2.05, 4.69) is 12.2 Å². The van der Waals surface area contributed by atoms with Crippen LogP contribution in [-0.2, 0) is 0 Å². The molecule has 0 spiro atoms. The zero-order valence-electron chi connectivity index (χ0n) is 12.2. The van der Waals surface area contributed by atoms with Crippen molar-refractivity contribution in [2.45, 2.75) is 53.3 Å². The maximum absolute atomic E-state index is 12.4. The van der Waals surface area contributed by atoms with Crippen LogP contribution >= 0.6 is 0 Å². The van der Waals surface area contributed by atoms with Gasteiger partial charge in [-0.3, -0.25) is 4.90 Å². The molecule has 1 N–H and O–H groups in total. The number of hydrogen-bond donors (Lipinski definition) is 1. The molecule has 0 aliphatic rings. The van der Waals surface area contributed by atoms with Gasteiger partial charge >= 0.3 is 6.18 Å². The number of halogens is 3. The van der Waals surface area contributed by atoms with E-state index in [1.807, 2.05) is 20.8 Å². The summed E-state index contributed by atoms with van der Waals surface area (Å²) in [6, 6.07) is 0.194. The van der Waals surface area contributed by atoms with Gasteiger partial charge in [0.15, 0.2) is 0 Å². The molecule has 0 aromatic carbocycles. The monoisotopic (exact) mass is 268 g/mol. The Hall–Kier alpha value is -0.290. The lowest BCUT2D eigenvalue weighted by Gasteiger charge is -2.37. The van der Waals surface area contributed by atoms with Gasteiger partial charge in [0.1, 0.15) is 0 Å². The molecule has 18 heavy (non-hydrogen) atoms. The molecule has 1 unspecified atom stereocenters. The van der Waals surface area contributed by atoms with Gasteiger partial charge in [-0.15, -0.1) is 0 Å². The lowest BCUT2D eigenvalue weighted by atomic mass is 9.84. The van der Waals surface area contributed by atoms with E-state index in [0.29, 0.717) is 13.1 Å². The molecule has 0 aliphatic carbocycles. The Balaban J connectivity index is 4.42. The second-order valence-electron chi connectivity index (χ2n) is 5.58. The van der Waals surface area contributed by atoms with Crippen molar-refractivity contribution in [2.24, 2.45) is 5.41 Å². The van der Waals surface area contributed by atoms with Crippen LogP contribution in [0.15, 0.2) is 0 Å². The molecular formula is C13H27F3N2. The van der Waals surface area contributed by atoms with Gasteiger partial charge in [0.25, 0.3) is 0 Å². The molecular weight excluding hydrogens is 241 g/mol. The van der Waals surface area contributed by atoms with Gasteiger partial charge < -0.3 is 5.32 Å². The van der Waals surface area contributed by atoms with Crippen molar-refractivity contribution in [2.75, 3.05) is 26.2 Å². The molecule has 0 aromatic heterocycles. The van der Waals surface area contributed by atoms with Crippen molar-refractivity contribution < 1.29 is 13.2 Å². The standard InChI is InChI=1S/C13H27F3N2/c1-6-8-17-11(3)12(4,5)9-18(7-2)10-13(14,15)16/h11,17H,6-10H2,1-5H3. The van der Waals surface area contributed by atoms with Crippen LogP contribution in [0.5, 0.6) is 0 Å². The second kappa shape index (κ2) is 7.34. The maximum Gasteiger partial charge on any atom is 0.401 e. The first-order chi connectivity index (χ1) is 8.12. The Bertz CT molecular complexity index is 227. The Morgan fingerprint density at radius 1 is 1.11 bits per heavy atom. The minimum Gasteiger partial charge on any atom is -0.314 e. The van der Waals surface area contributed by atoms with E-state index in [0.717, 1.165) is 13.0 Å². The van der Waals surface area contributed by atoms with E-state index in [1.54, 1.807) is 6.92 Å². The number of nitrogens with zero attached hydrogens (tertiary/aromatic N) is 1. The first kappa shape index (κ1) is 17.7. The summed E-state index contributed by atoms with van der Waals surface area (Å²) >= 11 is 0. The van der Waals surface area contributed by atoms with Crippen LogP contribution in [0, 0.1) is 5.41 Å². The van der Waals surface area contributed by atoms with Gasteiger partial charge in [0, 0.05) is 12.6 Å². The van der Waals surface area contributed by atoms with Crippen LogP contribution in [0.4, 0.5) is 13.2 Å². The molecule has 0 radical (unpaired) electrons. The van der Waals surface area contributed by atoms with Gasteiger partial charge in [-0.2, -0.15) is 13.2 Å². The highest BCUT2D eigenvalue weighted by Gasteiger charge is 2.34. The highest BCUT2D eigenvalue weighted by Crippen LogP contribution is 2.24. The predicted octanol–water partition coefficient (Wildman–Crippen LogP) is 3.28. The van der Waals surface area contributed by atoms with E-state index in [4.69, 9.17) is 0 Å². The molecule has 110 valence electrons. The molecule has 1 atom stereocenters. The van der Waals surface area contributed by atoms with Crippen molar-refractivity contribution in [3.8, 4) is 0 Å². The molecule has 0 bridgehead atoms. The average Bonchev–Trinajstić information content (AvgIpc) is 2.22. The fourth-order valence-electron chi connectivity index (χ4n) is 1.88. The number of hydrogen-bond acceptors (Lipinski definition) is 2. The fourth-order valence-corrected chi connectivity index (χ4v) is 1.88. The van der Waals surface area contributed by atoms with E-state index in [9.17, 15) is 13.2 Å². The second-order valence-corrected chi connectivity index (χ2v) is 5.58. The molecule has 0 heterocycles. The van der Waals surface area contributed by atoms with Gasteiger partial charge in [0.2, 0.25) is 0 Å². The minimum absolute atomic E-state index is 0.184. The molecule has 5 heteroatoms.